The van der Waals surface area contributed by atoms with E-state index in [0.29, 0.717) is 23.0 Å². The highest BCUT2D eigenvalue weighted by Crippen LogP contribution is 2.44. The number of nitrogens with one attached hydrogen (secondary N) is 2. The van der Waals surface area contributed by atoms with Gasteiger partial charge in [-0.1, -0.05) is 30.8 Å². The molecule has 0 bridgehead atoms. The third-order valence-electron chi connectivity index (χ3n) is 5.12. The van der Waals surface area contributed by atoms with Crippen LogP contribution < -0.4 is 11.1 Å². The minimum atomic E-state index is -0.143. The summed E-state index contributed by atoms with van der Waals surface area (Å²) in [5.41, 5.74) is 10.3. The summed E-state index contributed by atoms with van der Waals surface area (Å²) in [6, 6.07) is 7.46. The van der Waals surface area contributed by atoms with Crippen molar-refractivity contribution in [3.05, 3.63) is 53.0 Å². The summed E-state index contributed by atoms with van der Waals surface area (Å²) in [7, 11) is 1.82. The Morgan fingerprint density at radius 2 is 2.00 bits per heavy atom. The Morgan fingerprint density at radius 3 is 2.63 bits per heavy atom. The number of amides is 1. The maximum Gasteiger partial charge on any atom is 0.253 e. The van der Waals surface area contributed by atoms with Crippen molar-refractivity contribution >= 4 is 34.1 Å². The molecule has 1 aromatic heterocycles. The van der Waals surface area contributed by atoms with Crippen molar-refractivity contribution in [1.29, 1.82) is 5.41 Å². The number of hydrogen-bond donors (Lipinski definition) is 3. The van der Waals surface area contributed by atoms with Gasteiger partial charge in [0.1, 0.15) is 17.2 Å². The molecule has 0 fully saturated rings. The predicted octanol–water partition coefficient (Wildman–Crippen LogP) is 3.77. The van der Waals surface area contributed by atoms with Gasteiger partial charge >= 0.3 is 0 Å². The summed E-state index contributed by atoms with van der Waals surface area (Å²) in [6.45, 7) is 7.21. The largest absolute Gasteiger partial charge is 0.365 e. The molecule has 4 N–H and O–H groups in total. The molecule has 0 aliphatic carbocycles. The van der Waals surface area contributed by atoms with Gasteiger partial charge in [-0.2, -0.15) is 0 Å². The first-order valence-electron chi connectivity index (χ1n) is 10.00. The fraction of sp³-hybridized carbons (Fsp3) is 0.364. The Morgan fingerprint density at radius 1 is 1.30 bits per heavy atom. The summed E-state index contributed by atoms with van der Waals surface area (Å²) in [4.78, 5) is 23.7. The number of carbonyl (C=O) groups is 1. The lowest BCUT2D eigenvalue weighted by Crippen LogP contribution is -2.27. The highest BCUT2D eigenvalue weighted by atomic mass is 32.2. The zero-order chi connectivity index (χ0) is 21.8. The first-order valence-corrected chi connectivity index (χ1v) is 10.8. The van der Waals surface area contributed by atoms with E-state index in [4.69, 9.17) is 11.1 Å². The molecule has 1 unspecified atom stereocenters. The van der Waals surface area contributed by atoms with E-state index in [-0.39, 0.29) is 11.9 Å². The van der Waals surface area contributed by atoms with Crippen molar-refractivity contribution < 1.29 is 4.79 Å². The number of thioether (sulfide) groups is 1. The van der Waals surface area contributed by atoms with Gasteiger partial charge in [0.25, 0.3) is 5.91 Å². The van der Waals surface area contributed by atoms with Crippen LogP contribution in [0, 0.1) is 5.41 Å². The zero-order valence-electron chi connectivity index (χ0n) is 17.8. The molecule has 2 heterocycles. The first-order chi connectivity index (χ1) is 14.3. The normalized spacial score (nSPS) is 15.6. The molecule has 2 aromatic rings. The molecular formula is C22H28N6OS. The zero-order valence-corrected chi connectivity index (χ0v) is 18.6. The summed E-state index contributed by atoms with van der Waals surface area (Å²) in [6.07, 6.45) is 2.45. The molecular weight excluding hydrogens is 396 g/mol. The maximum atomic E-state index is 12.4. The molecule has 3 rings (SSSR count). The molecule has 8 heteroatoms. The molecule has 1 amide bonds. The van der Waals surface area contributed by atoms with Crippen molar-refractivity contribution in [1.82, 2.24) is 14.9 Å². The van der Waals surface area contributed by atoms with Crippen LogP contribution in [0.2, 0.25) is 0 Å². The van der Waals surface area contributed by atoms with Gasteiger partial charge in [0.05, 0.1) is 10.6 Å². The van der Waals surface area contributed by atoms with E-state index >= 15 is 0 Å². The Kier molecular flexibility index (Phi) is 6.89. The Bertz CT molecular complexity index is 984. The van der Waals surface area contributed by atoms with Crippen molar-refractivity contribution in [2.24, 2.45) is 5.73 Å². The molecule has 0 radical (unpaired) electrons. The van der Waals surface area contributed by atoms with Crippen LogP contribution in [0.5, 0.6) is 0 Å². The Labute approximate surface area is 181 Å². The molecule has 0 saturated carbocycles. The standard InChI is InChI=1S/C22H28N6OS/c1-5-10-28(4)22(29)16-8-6-15(7-9-16)11-25-21-19-18(26-12-27-21)17(20(24)30-19)13(2)14(3)23/h6-9,12,14,24H,5,10-11,23H2,1-4H3,(H,25,26,27)/b17-13-,24-20?. The lowest BCUT2D eigenvalue weighted by atomic mass is 10.0. The SMILES string of the molecule is CCCN(C)C(=O)c1ccc(CNc2ncnc3c2SC(=N)/C3=C(/C)C(C)N)cc1. The van der Waals surface area contributed by atoms with Crippen molar-refractivity contribution in [3.8, 4) is 0 Å². The summed E-state index contributed by atoms with van der Waals surface area (Å²) < 4.78 is 0. The quantitative estimate of drug-likeness (QED) is 0.624. The number of benzene rings is 1. The number of fused-ring (bicyclic) bond motifs is 1. The van der Waals surface area contributed by atoms with E-state index in [2.05, 4.69) is 22.2 Å². The average molecular weight is 425 g/mol. The van der Waals surface area contributed by atoms with Crippen molar-refractivity contribution in [2.75, 3.05) is 18.9 Å². The smallest absolute Gasteiger partial charge is 0.253 e. The number of anilines is 1. The number of carbonyl (C=O) groups excluding carboxylic acids is 1. The van der Waals surface area contributed by atoms with Crippen LogP contribution >= 0.6 is 11.8 Å². The van der Waals surface area contributed by atoms with Crippen molar-refractivity contribution in [3.63, 3.8) is 0 Å². The van der Waals surface area contributed by atoms with Crippen LogP contribution in [-0.2, 0) is 6.54 Å². The van der Waals surface area contributed by atoms with Crippen LogP contribution in [-0.4, -0.2) is 45.5 Å². The number of aromatic nitrogens is 2. The van der Waals surface area contributed by atoms with Gasteiger partial charge in [0.2, 0.25) is 0 Å². The third-order valence-corrected chi connectivity index (χ3v) is 6.11. The van der Waals surface area contributed by atoms with Gasteiger partial charge in [-0.3, -0.25) is 10.2 Å². The third kappa shape index (κ3) is 4.55. The van der Waals surface area contributed by atoms with Gasteiger partial charge in [0, 0.05) is 37.3 Å². The number of nitrogens with two attached hydrogens (primary N) is 1. The summed E-state index contributed by atoms with van der Waals surface area (Å²) >= 11 is 1.35. The second kappa shape index (κ2) is 9.40. The molecule has 1 aliphatic rings. The predicted molar refractivity (Wildman–Crippen MR) is 123 cm³/mol. The van der Waals surface area contributed by atoms with E-state index in [9.17, 15) is 4.79 Å². The Hall–Kier alpha value is -2.71. The van der Waals surface area contributed by atoms with Gasteiger partial charge in [-0.15, -0.1) is 0 Å². The first kappa shape index (κ1) is 22.0. The van der Waals surface area contributed by atoms with Gasteiger partial charge in [-0.25, -0.2) is 9.97 Å². The van der Waals surface area contributed by atoms with Gasteiger partial charge < -0.3 is 16.0 Å². The molecule has 7 nitrogen and oxygen atoms in total. The van der Waals surface area contributed by atoms with Crippen LogP contribution in [0.25, 0.3) is 5.57 Å². The number of rotatable bonds is 7. The maximum absolute atomic E-state index is 12.4. The average Bonchev–Trinajstić information content (AvgIpc) is 3.07. The molecule has 0 saturated heterocycles. The molecule has 0 spiro atoms. The van der Waals surface area contributed by atoms with E-state index in [1.54, 1.807) is 4.90 Å². The van der Waals surface area contributed by atoms with E-state index in [1.807, 2.05) is 45.2 Å². The highest BCUT2D eigenvalue weighted by Gasteiger charge is 2.29. The monoisotopic (exact) mass is 424 g/mol. The molecule has 1 aliphatic heterocycles. The van der Waals surface area contributed by atoms with Crippen molar-refractivity contribution in [2.45, 2.75) is 44.7 Å². The second-order valence-electron chi connectivity index (χ2n) is 7.46. The van der Waals surface area contributed by atoms with Gasteiger partial charge in [0.15, 0.2) is 0 Å². The van der Waals surface area contributed by atoms with Crippen LogP contribution in [0.4, 0.5) is 5.82 Å². The van der Waals surface area contributed by atoms with Crippen LogP contribution in [0.15, 0.2) is 41.1 Å². The Balaban J connectivity index is 1.75. The molecule has 158 valence electrons. The lowest BCUT2D eigenvalue weighted by Gasteiger charge is -2.16. The summed E-state index contributed by atoms with van der Waals surface area (Å²) in [5, 5.41) is 12.1. The fourth-order valence-electron chi connectivity index (χ4n) is 3.24. The van der Waals surface area contributed by atoms with E-state index < -0.39 is 0 Å². The number of hydrogen-bond acceptors (Lipinski definition) is 7. The van der Waals surface area contributed by atoms with E-state index in [1.165, 1.54) is 18.1 Å². The fourth-order valence-corrected chi connectivity index (χ4v) is 4.27. The molecule has 1 aromatic carbocycles. The highest BCUT2D eigenvalue weighted by molar-refractivity contribution is 8.15. The topological polar surface area (TPSA) is 108 Å². The minimum Gasteiger partial charge on any atom is -0.365 e. The van der Waals surface area contributed by atoms with E-state index in [0.717, 1.165) is 40.3 Å². The summed E-state index contributed by atoms with van der Waals surface area (Å²) in [5.74, 6) is 0.730. The lowest BCUT2D eigenvalue weighted by molar-refractivity contribution is 0.0795. The molecule has 1 atom stereocenters. The van der Waals surface area contributed by atoms with Gasteiger partial charge in [-0.05, 0) is 43.5 Å². The minimum absolute atomic E-state index is 0.0312. The van der Waals surface area contributed by atoms with Crippen LogP contribution in [0.3, 0.4) is 0 Å². The van der Waals surface area contributed by atoms with Crippen LogP contribution in [0.1, 0.15) is 48.8 Å². The number of nitrogens with zero attached hydrogens (tertiary/aromatic N) is 3. The molecule has 30 heavy (non-hydrogen) atoms. The second-order valence-corrected chi connectivity index (χ2v) is 8.48.